The molecule has 0 saturated carbocycles. The Morgan fingerprint density at radius 2 is 1.80 bits per heavy atom. The SMILES string of the molecule is [O-][n+]1ccc(C(I)I)cc1. The third-order valence-corrected chi connectivity index (χ3v) is 2.52. The molecule has 0 atom stereocenters. The second kappa shape index (κ2) is 3.70. The molecule has 54 valence electrons. The Balaban J connectivity index is 2.89. The largest absolute Gasteiger partial charge is 0.619 e. The van der Waals surface area contributed by atoms with Crippen LogP contribution in [0, 0.1) is 5.21 Å². The van der Waals surface area contributed by atoms with E-state index >= 15 is 0 Å². The average molecular weight is 361 g/mol. The van der Waals surface area contributed by atoms with Gasteiger partial charge in [-0.1, -0.05) is 45.2 Å². The van der Waals surface area contributed by atoms with Crippen LogP contribution in [0.2, 0.25) is 0 Å². The zero-order valence-electron chi connectivity index (χ0n) is 5.00. The van der Waals surface area contributed by atoms with E-state index in [-0.39, 0.29) is 0 Å². The van der Waals surface area contributed by atoms with E-state index in [0.717, 1.165) is 4.73 Å². The van der Waals surface area contributed by atoms with E-state index in [1.165, 1.54) is 18.0 Å². The van der Waals surface area contributed by atoms with E-state index in [9.17, 15) is 5.21 Å². The van der Waals surface area contributed by atoms with Crippen LogP contribution in [0.15, 0.2) is 24.5 Å². The first-order valence-corrected chi connectivity index (χ1v) is 5.16. The van der Waals surface area contributed by atoms with Gasteiger partial charge in [-0.3, -0.25) is 0 Å². The van der Waals surface area contributed by atoms with Crippen LogP contribution < -0.4 is 4.73 Å². The summed E-state index contributed by atoms with van der Waals surface area (Å²) in [7, 11) is 0. The molecular weight excluding hydrogens is 356 g/mol. The first-order chi connectivity index (χ1) is 4.70. The molecule has 0 aliphatic carbocycles. The van der Waals surface area contributed by atoms with Crippen molar-refractivity contribution in [2.75, 3.05) is 0 Å². The summed E-state index contributed by atoms with van der Waals surface area (Å²) in [5.74, 6) is 0. The van der Waals surface area contributed by atoms with Crippen LogP contribution in [-0.4, -0.2) is 0 Å². The van der Waals surface area contributed by atoms with E-state index in [2.05, 4.69) is 45.2 Å². The maximum Gasteiger partial charge on any atom is 0.180 e. The highest BCUT2D eigenvalue weighted by Gasteiger charge is 2.01. The van der Waals surface area contributed by atoms with Crippen molar-refractivity contribution in [1.29, 1.82) is 0 Å². The summed E-state index contributed by atoms with van der Waals surface area (Å²) in [6, 6.07) is 3.66. The number of aromatic nitrogens is 1. The van der Waals surface area contributed by atoms with Crippen LogP contribution >= 0.6 is 45.2 Å². The summed E-state index contributed by atoms with van der Waals surface area (Å²) >= 11 is 4.59. The van der Waals surface area contributed by atoms with Gasteiger partial charge in [0.15, 0.2) is 12.4 Å². The Kier molecular flexibility index (Phi) is 3.15. The maximum atomic E-state index is 10.6. The van der Waals surface area contributed by atoms with E-state index in [0.29, 0.717) is 1.93 Å². The number of rotatable bonds is 1. The van der Waals surface area contributed by atoms with Gasteiger partial charge in [0.2, 0.25) is 0 Å². The molecule has 1 rings (SSSR count). The van der Waals surface area contributed by atoms with Crippen molar-refractivity contribution in [3.63, 3.8) is 0 Å². The number of hydrogen-bond donors (Lipinski definition) is 0. The Labute approximate surface area is 86.5 Å². The van der Waals surface area contributed by atoms with Crippen molar-refractivity contribution in [2.24, 2.45) is 0 Å². The topological polar surface area (TPSA) is 26.9 Å². The molecule has 0 fully saturated rings. The molecule has 0 N–H and O–H groups in total. The summed E-state index contributed by atoms with van der Waals surface area (Å²) in [6.45, 7) is 0. The second-order valence-corrected chi connectivity index (χ2v) is 6.67. The van der Waals surface area contributed by atoms with Crippen molar-refractivity contribution in [3.05, 3.63) is 35.3 Å². The highest BCUT2D eigenvalue weighted by molar-refractivity contribution is 14.2. The summed E-state index contributed by atoms with van der Waals surface area (Å²) in [6.07, 6.45) is 3.03. The van der Waals surface area contributed by atoms with Crippen LogP contribution in [0.1, 0.15) is 7.49 Å². The predicted octanol–water partition coefficient (Wildman–Crippen LogP) is 2.19. The zero-order valence-corrected chi connectivity index (χ0v) is 9.31. The van der Waals surface area contributed by atoms with Crippen molar-refractivity contribution >= 4 is 45.2 Å². The zero-order chi connectivity index (χ0) is 7.56. The minimum absolute atomic E-state index is 0.441. The molecule has 0 spiro atoms. The Morgan fingerprint density at radius 3 is 2.20 bits per heavy atom. The molecule has 0 radical (unpaired) electrons. The third-order valence-electron chi connectivity index (χ3n) is 1.08. The lowest BCUT2D eigenvalue weighted by Crippen LogP contribution is -2.23. The van der Waals surface area contributed by atoms with Crippen molar-refractivity contribution in [1.82, 2.24) is 0 Å². The number of pyridine rings is 1. The molecule has 1 aromatic rings. The van der Waals surface area contributed by atoms with Gasteiger partial charge in [-0.05, 0) is 5.56 Å². The van der Waals surface area contributed by atoms with Crippen molar-refractivity contribution in [3.8, 4) is 0 Å². The molecule has 0 aliphatic heterocycles. The minimum atomic E-state index is 0.441. The van der Waals surface area contributed by atoms with Gasteiger partial charge in [0, 0.05) is 12.1 Å². The summed E-state index contributed by atoms with van der Waals surface area (Å²) in [5, 5.41) is 10.6. The third kappa shape index (κ3) is 2.22. The van der Waals surface area contributed by atoms with Crippen molar-refractivity contribution in [2.45, 2.75) is 1.93 Å². The van der Waals surface area contributed by atoms with Crippen molar-refractivity contribution < 1.29 is 4.73 Å². The highest BCUT2D eigenvalue weighted by Crippen LogP contribution is 2.28. The Hall–Kier alpha value is 0.410. The molecule has 2 nitrogen and oxygen atoms in total. The molecule has 0 amide bonds. The van der Waals surface area contributed by atoms with Gasteiger partial charge in [0.25, 0.3) is 0 Å². The smallest absolute Gasteiger partial charge is 0.180 e. The number of hydrogen-bond acceptors (Lipinski definition) is 1. The van der Waals surface area contributed by atoms with Crippen LogP contribution in [-0.2, 0) is 0 Å². The predicted molar refractivity (Wildman–Crippen MR) is 56.2 cm³/mol. The van der Waals surface area contributed by atoms with E-state index in [1.54, 1.807) is 0 Å². The molecule has 4 heteroatoms. The molecule has 0 saturated heterocycles. The molecule has 0 aliphatic rings. The van der Waals surface area contributed by atoms with Gasteiger partial charge in [0.05, 0.1) is 1.93 Å². The van der Waals surface area contributed by atoms with Gasteiger partial charge in [0.1, 0.15) is 0 Å². The highest BCUT2D eigenvalue weighted by atomic mass is 127. The van der Waals surface area contributed by atoms with Crippen LogP contribution in [0.5, 0.6) is 0 Å². The van der Waals surface area contributed by atoms with Gasteiger partial charge in [-0.25, -0.2) is 0 Å². The van der Waals surface area contributed by atoms with E-state index < -0.39 is 0 Å². The lowest BCUT2D eigenvalue weighted by Gasteiger charge is -1.99. The number of halogens is 2. The normalized spacial score (nSPS) is 10.3. The molecular formula is C6H5I2NO. The minimum Gasteiger partial charge on any atom is -0.619 e. The van der Waals surface area contributed by atoms with Crippen LogP contribution in [0.25, 0.3) is 0 Å². The molecule has 0 unspecified atom stereocenters. The fourth-order valence-corrected chi connectivity index (χ4v) is 1.40. The molecule has 1 heterocycles. The lowest BCUT2D eigenvalue weighted by atomic mass is 10.3. The monoisotopic (exact) mass is 361 g/mol. The average Bonchev–Trinajstić information content (AvgIpc) is 1.88. The fourth-order valence-electron chi connectivity index (χ4n) is 0.570. The molecule has 0 bridgehead atoms. The van der Waals surface area contributed by atoms with Gasteiger partial charge in [-0.15, -0.1) is 0 Å². The van der Waals surface area contributed by atoms with E-state index in [4.69, 9.17) is 0 Å². The fraction of sp³-hybridized carbons (Fsp3) is 0.167. The second-order valence-electron chi connectivity index (χ2n) is 1.79. The lowest BCUT2D eigenvalue weighted by molar-refractivity contribution is -0.605. The Bertz CT molecular complexity index is 209. The first-order valence-electron chi connectivity index (χ1n) is 2.67. The molecule has 10 heavy (non-hydrogen) atoms. The van der Waals surface area contributed by atoms with Gasteiger partial charge in [-0.2, -0.15) is 4.73 Å². The Morgan fingerprint density at radius 1 is 1.30 bits per heavy atom. The standard InChI is InChI=1S/C6H5I2NO/c7-6(8)5-1-3-9(10)4-2-5/h1-4,6H. The quantitative estimate of drug-likeness (QED) is 0.326. The molecule has 1 aromatic heterocycles. The van der Waals surface area contributed by atoms with Gasteiger partial charge < -0.3 is 5.21 Å². The summed E-state index contributed by atoms with van der Waals surface area (Å²) in [4.78, 5) is 0. The number of nitrogens with zero attached hydrogens (tertiary/aromatic N) is 1. The number of alkyl halides is 2. The van der Waals surface area contributed by atoms with Crippen LogP contribution in [0.4, 0.5) is 0 Å². The summed E-state index contributed by atoms with van der Waals surface area (Å²) in [5.41, 5.74) is 1.17. The van der Waals surface area contributed by atoms with Gasteiger partial charge >= 0.3 is 0 Å². The first kappa shape index (κ1) is 8.51. The van der Waals surface area contributed by atoms with Crippen LogP contribution in [0.3, 0.4) is 0 Å². The molecule has 0 aromatic carbocycles. The summed E-state index contributed by atoms with van der Waals surface area (Å²) < 4.78 is 1.23. The maximum absolute atomic E-state index is 10.6. The van der Waals surface area contributed by atoms with E-state index in [1.807, 2.05) is 12.1 Å².